The van der Waals surface area contributed by atoms with Crippen LogP contribution in [0.2, 0.25) is 0 Å². The Morgan fingerprint density at radius 1 is 1.20 bits per heavy atom. The van der Waals surface area contributed by atoms with Crippen molar-refractivity contribution in [2.45, 2.75) is 24.5 Å². The SMILES string of the molecule is O=c1ccn([C@H]2O[C@@H](CO)[C@@H](O)[C@H]2O)c(/C=C(/O)c2ccccc2)n1. The number of hydrogen-bond donors (Lipinski definition) is 4. The summed E-state index contributed by atoms with van der Waals surface area (Å²) in [6.45, 7) is -0.469. The topological polar surface area (TPSA) is 125 Å². The Labute approximate surface area is 142 Å². The van der Waals surface area contributed by atoms with E-state index < -0.39 is 36.7 Å². The van der Waals surface area contributed by atoms with Gasteiger partial charge < -0.3 is 29.7 Å². The summed E-state index contributed by atoms with van der Waals surface area (Å²) in [5.41, 5.74) is -0.0107. The van der Waals surface area contributed by atoms with Crippen LogP contribution in [0.25, 0.3) is 11.8 Å². The van der Waals surface area contributed by atoms with Crippen molar-refractivity contribution in [3.63, 3.8) is 0 Å². The van der Waals surface area contributed by atoms with E-state index in [4.69, 9.17) is 4.74 Å². The van der Waals surface area contributed by atoms with Gasteiger partial charge in [-0.2, -0.15) is 4.98 Å². The zero-order chi connectivity index (χ0) is 18.0. The molecular formula is C17H18N2O6. The van der Waals surface area contributed by atoms with E-state index in [1.165, 1.54) is 22.9 Å². The molecule has 0 radical (unpaired) electrons. The molecule has 132 valence electrons. The van der Waals surface area contributed by atoms with Crippen LogP contribution in [0, 0.1) is 0 Å². The van der Waals surface area contributed by atoms with E-state index in [-0.39, 0.29) is 11.6 Å². The van der Waals surface area contributed by atoms with Gasteiger partial charge in [0.2, 0.25) is 0 Å². The highest BCUT2D eigenvalue weighted by molar-refractivity contribution is 5.74. The van der Waals surface area contributed by atoms with Gasteiger partial charge in [0, 0.05) is 23.9 Å². The lowest BCUT2D eigenvalue weighted by molar-refractivity contribution is -0.0537. The zero-order valence-corrected chi connectivity index (χ0v) is 13.1. The van der Waals surface area contributed by atoms with Crippen molar-refractivity contribution in [1.29, 1.82) is 0 Å². The molecule has 8 heteroatoms. The molecule has 0 bridgehead atoms. The van der Waals surface area contributed by atoms with Gasteiger partial charge in [-0.25, -0.2) is 0 Å². The number of aliphatic hydroxyl groups is 4. The van der Waals surface area contributed by atoms with Gasteiger partial charge in [0.05, 0.1) is 6.61 Å². The van der Waals surface area contributed by atoms with Crippen molar-refractivity contribution < 1.29 is 25.2 Å². The van der Waals surface area contributed by atoms with Crippen molar-refractivity contribution in [3.8, 4) is 0 Å². The number of rotatable bonds is 4. The van der Waals surface area contributed by atoms with Gasteiger partial charge in [-0.05, 0) is 0 Å². The maximum Gasteiger partial charge on any atom is 0.273 e. The molecule has 0 spiro atoms. The van der Waals surface area contributed by atoms with E-state index in [1.54, 1.807) is 30.3 Å². The number of aliphatic hydroxyl groups excluding tert-OH is 4. The molecule has 1 saturated heterocycles. The van der Waals surface area contributed by atoms with Crippen LogP contribution >= 0.6 is 0 Å². The summed E-state index contributed by atoms with van der Waals surface area (Å²) < 4.78 is 6.77. The van der Waals surface area contributed by atoms with Gasteiger partial charge >= 0.3 is 0 Å². The summed E-state index contributed by atoms with van der Waals surface area (Å²) in [4.78, 5) is 15.4. The second kappa shape index (κ2) is 7.16. The summed E-state index contributed by atoms with van der Waals surface area (Å²) in [6.07, 6.45) is -2.01. The van der Waals surface area contributed by atoms with Crippen LogP contribution in [0.4, 0.5) is 0 Å². The molecule has 8 nitrogen and oxygen atoms in total. The normalized spacial score (nSPS) is 26.8. The molecule has 0 saturated carbocycles. The third-order valence-electron chi connectivity index (χ3n) is 3.99. The predicted molar refractivity (Wildman–Crippen MR) is 88.4 cm³/mol. The number of ether oxygens (including phenoxy) is 1. The molecule has 1 aliphatic heterocycles. The van der Waals surface area contributed by atoms with E-state index in [9.17, 15) is 25.2 Å². The van der Waals surface area contributed by atoms with E-state index in [0.29, 0.717) is 5.56 Å². The highest BCUT2D eigenvalue weighted by Crippen LogP contribution is 2.30. The minimum atomic E-state index is -1.33. The molecular weight excluding hydrogens is 328 g/mol. The summed E-state index contributed by atoms with van der Waals surface area (Å²) in [5.74, 6) is -0.0807. The molecule has 25 heavy (non-hydrogen) atoms. The smallest absolute Gasteiger partial charge is 0.273 e. The first-order valence-electron chi connectivity index (χ1n) is 7.69. The molecule has 1 aromatic heterocycles. The summed E-state index contributed by atoms with van der Waals surface area (Å²) in [5, 5.41) is 39.5. The second-order valence-corrected chi connectivity index (χ2v) is 5.66. The van der Waals surface area contributed by atoms with Crippen molar-refractivity contribution in [2.24, 2.45) is 0 Å². The average Bonchev–Trinajstić information content (AvgIpc) is 2.91. The molecule has 3 rings (SSSR count). The first kappa shape index (κ1) is 17.3. The van der Waals surface area contributed by atoms with Gasteiger partial charge in [-0.1, -0.05) is 30.3 Å². The van der Waals surface area contributed by atoms with Crippen LogP contribution in [0.5, 0.6) is 0 Å². The Hall–Kier alpha value is -2.52. The standard InChI is InChI=1S/C17H18N2O6/c20-9-12-15(23)16(24)17(25-12)19-7-6-14(22)18-13(19)8-11(21)10-4-2-1-3-5-10/h1-8,12,15-17,20-21,23-24H,9H2/b11-8+/t12-,15+,16+,17-/m0/s1. The lowest BCUT2D eigenvalue weighted by Crippen LogP contribution is -2.33. The summed E-state index contributed by atoms with van der Waals surface area (Å²) in [6, 6.07) is 9.83. The van der Waals surface area contributed by atoms with E-state index >= 15 is 0 Å². The van der Waals surface area contributed by atoms with Crippen LogP contribution in [0.3, 0.4) is 0 Å². The quantitative estimate of drug-likeness (QED) is 0.570. The maximum atomic E-state index is 11.6. The Kier molecular flexibility index (Phi) is 4.95. The Balaban J connectivity index is 2.01. The van der Waals surface area contributed by atoms with Crippen LogP contribution in [0.1, 0.15) is 17.6 Å². The van der Waals surface area contributed by atoms with E-state index in [2.05, 4.69) is 4.98 Å². The van der Waals surface area contributed by atoms with Crippen molar-refractivity contribution in [2.75, 3.05) is 6.61 Å². The Morgan fingerprint density at radius 2 is 1.92 bits per heavy atom. The molecule has 0 aliphatic carbocycles. The van der Waals surface area contributed by atoms with Gasteiger partial charge in [0.1, 0.15) is 29.9 Å². The third kappa shape index (κ3) is 3.47. The van der Waals surface area contributed by atoms with Crippen LogP contribution < -0.4 is 5.56 Å². The Bertz CT molecular complexity index is 819. The number of nitrogens with zero attached hydrogens (tertiary/aromatic N) is 2. The number of aromatic nitrogens is 2. The summed E-state index contributed by atoms with van der Waals surface area (Å²) >= 11 is 0. The third-order valence-corrected chi connectivity index (χ3v) is 3.99. The molecule has 0 amide bonds. The maximum absolute atomic E-state index is 11.6. The first-order chi connectivity index (χ1) is 12.0. The fourth-order valence-corrected chi connectivity index (χ4v) is 2.67. The molecule has 1 fully saturated rings. The van der Waals surface area contributed by atoms with Crippen molar-refractivity contribution >= 4 is 11.8 Å². The highest BCUT2D eigenvalue weighted by Gasteiger charge is 2.43. The monoisotopic (exact) mass is 346 g/mol. The summed E-state index contributed by atoms with van der Waals surface area (Å²) in [7, 11) is 0. The van der Waals surface area contributed by atoms with E-state index in [1.807, 2.05) is 0 Å². The average molecular weight is 346 g/mol. The highest BCUT2D eigenvalue weighted by atomic mass is 16.6. The zero-order valence-electron chi connectivity index (χ0n) is 13.1. The van der Waals surface area contributed by atoms with Gasteiger partial charge in [-0.15, -0.1) is 0 Å². The molecule has 1 aliphatic rings. The first-order valence-corrected chi connectivity index (χ1v) is 7.69. The lowest BCUT2D eigenvalue weighted by atomic mass is 10.1. The fraction of sp³-hybridized carbons (Fsp3) is 0.294. The van der Waals surface area contributed by atoms with Crippen LogP contribution in [-0.4, -0.2) is 54.9 Å². The number of hydrogen-bond acceptors (Lipinski definition) is 7. The van der Waals surface area contributed by atoms with Crippen LogP contribution in [0.15, 0.2) is 47.4 Å². The molecule has 2 heterocycles. The minimum Gasteiger partial charge on any atom is -0.507 e. The minimum absolute atomic E-state index is 0.0451. The molecule has 0 unspecified atom stereocenters. The second-order valence-electron chi connectivity index (χ2n) is 5.66. The fourth-order valence-electron chi connectivity index (χ4n) is 2.67. The van der Waals surface area contributed by atoms with Gasteiger partial charge in [-0.3, -0.25) is 4.79 Å². The predicted octanol–water partition coefficient (Wildman–Crippen LogP) is -0.0891. The Morgan fingerprint density at radius 3 is 2.56 bits per heavy atom. The largest absolute Gasteiger partial charge is 0.507 e. The molecule has 1 aromatic carbocycles. The molecule has 4 atom stereocenters. The van der Waals surface area contributed by atoms with Gasteiger partial charge in [0.15, 0.2) is 6.23 Å². The molecule has 2 aromatic rings. The van der Waals surface area contributed by atoms with Crippen molar-refractivity contribution in [3.05, 3.63) is 64.3 Å². The lowest BCUT2D eigenvalue weighted by Gasteiger charge is -2.20. The van der Waals surface area contributed by atoms with Crippen molar-refractivity contribution in [1.82, 2.24) is 9.55 Å². The van der Waals surface area contributed by atoms with Crippen LogP contribution in [-0.2, 0) is 4.74 Å². The van der Waals surface area contributed by atoms with E-state index in [0.717, 1.165) is 0 Å². The van der Waals surface area contributed by atoms with Gasteiger partial charge in [0.25, 0.3) is 5.56 Å². The molecule has 4 N–H and O–H groups in total. The number of benzene rings is 1.